The quantitative estimate of drug-likeness (QED) is 0.751. The second kappa shape index (κ2) is 6.34. The molecule has 1 aromatic heterocycles. The maximum atomic E-state index is 13.8. The molecular weight excluding hydrogens is 376 g/mol. The molecule has 0 bridgehead atoms. The third kappa shape index (κ3) is 3.47. The molecule has 0 aliphatic heterocycles. The van der Waals surface area contributed by atoms with Gasteiger partial charge in [0, 0.05) is 18.1 Å². The van der Waals surface area contributed by atoms with Crippen LogP contribution < -0.4 is 11.2 Å². The molecule has 2 rings (SSSR count). The summed E-state index contributed by atoms with van der Waals surface area (Å²) in [5.74, 6) is -0.711. The number of benzene rings is 1. The second-order valence-corrected chi connectivity index (χ2v) is 8.01. The molecule has 0 unspecified atom stereocenters. The van der Waals surface area contributed by atoms with Crippen LogP contribution in [0.3, 0.4) is 0 Å². The molecule has 5 nitrogen and oxygen atoms in total. The minimum atomic E-state index is -2.01. The standard InChI is InChI=1S/C12H5Cl3FN3O2S/c13-12(14,15)22-19-10(20)7(5-17)6-18(11(19)21)9-4-2-1-3-8(9)16/h1-4,6H. The van der Waals surface area contributed by atoms with E-state index >= 15 is 0 Å². The molecule has 1 aromatic carbocycles. The van der Waals surface area contributed by atoms with Crippen LogP contribution >= 0.6 is 46.8 Å². The first-order valence-electron chi connectivity index (χ1n) is 5.54. The molecule has 0 spiro atoms. The van der Waals surface area contributed by atoms with Gasteiger partial charge in [0.05, 0.1) is 5.69 Å². The summed E-state index contributed by atoms with van der Waals surface area (Å²) in [4.78, 5) is 24.3. The maximum absolute atomic E-state index is 13.8. The molecule has 10 heteroatoms. The minimum absolute atomic E-state index is 0.136. The summed E-state index contributed by atoms with van der Waals surface area (Å²) in [6, 6.07) is 6.99. The zero-order valence-corrected chi connectivity index (χ0v) is 13.5. The number of hydrogen-bond donors (Lipinski definition) is 0. The molecule has 0 aliphatic carbocycles. The molecule has 0 saturated heterocycles. The van der Waals surface area contributed by atoms with E-state index < -0.39 is 25.8 Å². The van der Waals surface area contributed by atoms with E-state index in [0.29, 0.717) is 15.9 Å². The Morgan fingerprint density at radius 1 is 1.23 bits per heavy atom. The first-order chi connectivity index (χ1) is 10.2. The van der Waals surface area contributed by atoms with Crippen LogP contribution in [0.2, 0.25) is 0 Å². The van der Waals surface area contributed by atoms with Gasteiger partial charge in [-0.1, -0.05) is 46.9 Å². The Kier molecular flexibility index (Phi) is 4.87. The van der Waals surface area contributed by atoms with Crippen molar-refractivity contribution in [3.8, 4) is 11.8 Å². The van der Waals surface area contributed by atoms with Crippen molar-refractivity contribution in [2.75, 3.05) is 0 Å². The Morgan fingerprint density at radius 2 is 1.86 bits per heavy atom. The summed E-state index contributed by atoms with van der Waals surface area (Å²) in [6.07, 6.45) is 0.943. The summed E-state index contributed by atoms with van der Waals surface area (Å²) in [5.41, 5.74) is -2.44. The number of nitriles is 1. The van der Waals surface area contributed by atoms with E-state index in [0.717, 1.165) is 16.8 Å². The molecule has 0 N–H and O–H groups in total. The van der Waals surface area contributed by atoms with E-state index in [9.17, 15) is 14.0 Å². The van der Waals surface area contributed by atoms with E-state index in [1.807, 2.05) is 0 Å². The van der Waals surface area contributed by atoms with Gasteiger partial charge in [0.2, 0.25) is 0 Å². The Morgan fingerprint density at radius 3 is 2.41 bits per heavy atom. The van der Waals surface area contributed by atoms with Crippen LogP contribution in [0.15, 0.2) is 40.1 Å². The van der Waals surface area contributed by atoms with Crippen LogP contribution in [-0.2, 0) is 0 Å². The number of alkyl halides is 3. The van der Waals surface area contributed by atoms with Crippen molar-refractivity contribution in [1.82, 2.24) is 8.54 Å². The number of halogens is 4. The Bertz CT molecular complexity index is 883. The van der Waals surface area contributed by atoms with E-state index in [4.69, 9.17) is 40.1 Å². The molecule has 22 heavy (non-hydrogen) atoms. The van der Waals surface area contributed by atoms with Crippen molar-refractivity contribution in [3.05, 3.63) is 62.7 Å². The fraction of sp³-hybridized carbons (Fsp3) is 0.0833. The molecule has 0 amide bonds. The van der Waals surface area contributed by atoms with Crippen LogP contribution in [0.1, 0.15) is 5.56 Å². The number of nitrogens with zero attached hydrogens (tertiary/aromatic N) is 3. The van der Waals surface area contributed by atoms with Gasteiger partial charge in [0.25, 0.3) is 8.68 Å². The van der Waals surface area contributed by atoms with E-state index in [-0.39, 0.29) is 5.69 Å². The van der Waals surface area contributed by atoms with Crippen molar-refractivity contribution >= 4 is 46.8 Å². The van der Waals surface area contributed by atoms with Gasteiger partial charge in [-0.15, -0.1) is 0 Å². The SMILES string of the molecule is N#Cc1cn(-c2ccccc2F)c(=O)n(SC(Cl)(Cl)Cl)c1=O. The molecule has 2 aromatic rings. The highest BCUT2D eigenvalue weighted by Crippen LogP contribution is 2.38. The summed E-state index contributed by atoms with van der Waals surface area (Å²) >= 11 is 17.0. The maximum Gasteiger partial charge on any atom is 0.346 e. The Labute approximate surface area is 142 Å². The minimum Gasteiger partial charge on any atom is -0.267 e. The number of aromatic nitrogens is 2. The highest BCUT2D eigenvalue weighted by atomic mass is 35.6. The first kappa shape index (κ1) is 16.9. The third-order valence-electron chi connectivity index (χ3n) is 2.48. The second-order valence-electron chi connectivity index (χ2n) is 3.90. The van der Waals surface area contributed by atoms with Gasteiger partial charge >= 0.3 is 5.69 Å². The zero-order valence-electron chi connectivity index (χ0n) is 10.5. The summed E-state index contributed by atoms with van der Waals surface area (Å²) in [5, 5.41) is 8.99. The van der Waals surface area contributed by atoms with Crippen molar-refractivity contribution < 1.29 is 4.39 Å². The fourth-order valence-electron chi connectivity index (χ4n) is 1.61. The summed E-state index contributed by atoms with van der Waals surface area (Å²) < 4.78 is 13.1. The van der Waals surface area contributed by atoms with Crippen LogP contribution in [0, 0.1) is 17.1 Å². The van der Waals surface area contributed by atoms with E-state index in [1.165, 1.54) is 18.2 Å². The fourth-order valence-corrected chi connectivity index (χ4v) is 2.79. The highest BCUT2D eigenvalue weighted by Gasteiger charge is 2.26. The van der Waals surface area contributed by atoms with Crippen LogP contribution in [-0.4, -0.2) is 11.7 Å². The van der Waals surface area contributed by atoms with Gasteiger partial charge in [0.1, 0.15) is 17.4 Å². The average molecular weight is 381 g/mol. The van der Waals surface area contributed by atoms with Crippen molar-refractivity contribution in [1.29, 1.82) is 5.26 Å². The lowest BCUT2D eigenvalue weighted by atomic mass is 10.3. The van der Waals surface area contributed by atoms with Gasteiger partial charge in [-0.05, 0) is 12.1 Å². The topological polar surface area (TPSA) is 67.8 Å². The normalized spacial score (nSPS) is 11.2. The zero-order chi connectivity index (χ0) is 16.5. The molecule has 0 radical (unpaired) electrons. The molecule has 0 aliphatic rings. The lowest BCUT2D eigenvalue weighted by Crippen LogP contribution is -2.38. The van der Waals surface area contributed by atoms with Crippen LogP contribution in [0.4, 0.5) is 4.39 Å². The molecule has 1 heterocycles. The van der Waals surface area contributed by atoms with Crippen molar-refractivity contribution in [3.63, 3.8) is 0 Å². The first-order valence-corrected chi connectivity index (χ1v) is 7.45. The van der Waals surface area contributed by atoms with Crippen molar-refractivity contribution in [2.24, 2.45) is 0 Å². The summed E-state index contributed by atoms with van der Waals surface area (Å²) in [7, 11) is 0. The van der Waals surface area contributed by atoms with E-state index in [1.54, 1.807) is 6.07 Å². The smallest absolute Gasteiger partial charge is 0.267 e. The van der Waals surface area contributed by atoms with Crippen LogP contribution in [0.25, 0.3) is 5.69 Å². The number of rotatable bonds is 2. The third-order valence-corrected chi connectivity index (χ3v) is 3.81. The van der Waals surface area contributed by atoms with Gasteiger partial charge in [-0.3, -0.25) is 9.36 Å². The van der Waals surface area contributed by atoms with Gasteiger partial charge in [-0.25, -0.2) is 9.18 Å². The largest absolute Gasteiger partial charge is 0.346 e. The lowest BCUT2D eigenvalue weighted by molar-refractivity contribution is 0.613. The van der Waals surface area contributed by atoms with Gasteiger partial charge in [-0.2, -0.15) is 9.23 Å². The molecule has 0 saturated carbocycles. The highest BCUT2D eigenvalue weighted by molar-refractivity contribution is 8.03. The lowest BCUT2D eigenvalue weighted by Gasteiger charge is -2.14. The van der Waals surface area contributed by atoms with Crippen LogP contribution in [0.5, 0.6) is 0 Å². The average Bonchev–Trinajstić information content (AvgIpc) is 2.44. The molecule has 0 atom stereocenters. The Balaban J connectivity index is 2.81. The molecule has 114 valence electrons. The Hall–Kier alpha value is -1.46. The number of para-hydroxylation sites is 1. The predicted molar refractivity (Wildman–Crippen MR) is 84.3 cm³/mol. The monoisotopic (exact) mass is 379 g/mol. The van der Waals surface area contributed by atoms with Gasteiger partial charge < -0.3 is 0 Å². The van der Waals surface area contributed by atoms with Crippen molar-refractivity contribution in [2.45, 2.75) is 3.12 Å². The predicted octanol–water partition coefficient (Wildman–Crippen LogP) is 2.83. The van der Waals surface area contributed by atoms with Gasteiger partial charge in [0.15, 0.2) is 0 Å². The van der Waals surface area contributed by atoms with E-state index in [2.05, 4.69) is 0 Å². The molecular formula is C12H5Cl3FN3O2S. The summed E-state index contributed by atoms with van der Waals surface area (Å²) in [6.45, 7) is 0. The molecule has 0 fully saturated rings. The number of hydrogen-bond acceptors (Lipinski definition) is 4.